The van der Waals surface area contributed by atoms with Crippen LogP contribution in [0.4, 0.5) is 5.82 Å². The predicted octanol–water partition coefficient (Wildman–Crippen LogP) is 0.394. The van der Waals surface area contributed by atoms with E-state index in [1.165, 1.54) is 18.6 Å². The van der Waals surface area contributed by atoms with E-state index in [9.17, 15) is 4.79 Å². The highest BCUT2D eigenvalue weighted by atomic mass is 16.1. The highest BCUT2D eigenvalue weighted by molar-refractivity contribution is 5.98. The van der Waals surface area contributed by atoms with E-state index in [1.54, 1.807) is 25.1 Å². The molecule has 1 rings (SSSR count). The maximum Gasteiger partial charge on any atom is 0.278 e. The molecule has 1 heterocycles. The number of amides is 1. The van der Waals surface area contributed by atoms with Crippen LogP contribution in [0.2, 0.25) is 0 Å². The quantitative estimate of drug-likeness (QED) is 0.543. The molecule has 0 unspecified atom stereocenters. The summed E-state index contributed by atoms with van der Waals surface area (Å²) >= 11 is 0. The first-order chi connectivity index (χ1) is 6.59. The maximum absolute atomic E-state index is 11.4. The molecular weight excluding hydrogens is 180 g/mol. The molecule has 1 aromatic rings. The minimum absolute atomic E-state index is 0.316. The second-order valence-electron chi connectivity index (χ2n) is 2.98. The molecule has 2 N–H and O–H groups in total. The fourth-order valence-corrected chi connectivity index (χ4v) is 0.824. The minimum atomic E-state index is -0.326. The normalized spacial score (nSPS) is 10.4. The summed E-state index contributed by atoms with van der Waals surface area (Å²) in [5, 5.41) is 0. The molecule has 0 aliphatic heterocycles. The van der Waals surface area contributed by atoms with Crippen molar-refractivity contribution in [3.63, 3.8) is 0 Å². The summed E-state index contributed by atoms with van der Waals surface area (Å²) in [6.07, 6.45) is 2.92. The fourth-order valence-electron chi connectivity index (χ4n) is 0.824. The Hall–Kier alpha value is -1.91. The van der Waals surface area contributed by atoms with Crippen LogP contribution in [0.1, 0.15) is 10.4 Å². The molecule has 0 spiro atoms. The molecule has 0 atom stereocenters. The van der Waals surface area contributed by atoms with Gasteiger partial charge in [0.1, 0.15) is 5.82 Å². The number of nitrogen functional groups attached to an aromatic ring is 1. The molecule has 5 nitrogen and oxygen atoms in total. The van der Waals surface area contributed by atoms with Gasteiger partial charge in [0, 0.05) is 25.9 Å². The molecule has 1 amide bonds. The van der Waals surface area contributed by atoms with Crippen molar-refractivity contribution in [3.8, 4) is 0 Å². The van der Waals surface area contributed by atoms with Gasteiger partial charge in [0.25, 0.3) is 5.91 Å². The van der Waals surface area contributed by atoms with Crippen LogP contribution in [0.15, 0.2) is 23.3 Å². The van der Waals surface area contributed by atoms with Crippen molar-refractivity contribution in [1.29, 1.82) is 0 Å². The van der Waals surface area contributed by atoms with Gasteiger partial charge >= 0.3 is 0 Å². The number of nitrogens with zero attached hydrogens (tertiary/aromatic N) is 3. The van der Waals surface area contributed by atoms with Crippen LogP contribution in [0.3, 0.4) is 0 Å². The average molecular weight is 192 g/mol. The van der Waals surface area contributed by atoms with Crippen LogP contribution >= 0.6 is 0 Å². The predicted molar refractivity (Wildman–Crippen MR) is 55.2 cm³/mol. The number of carbonyl (C=O) groups is 1. The first kappa shape index (κ1) is 10.2. The molecule has 0 bridgehead atoms. The van der Waals surface area contributed by atoms with Crippen LogP contribution in [-0.2, 0) is 0 Å². The maximum atomic E-state index is 11.4. The molecule has 0 saturated heterocycles. The van der Waals surface area contributed by atoms with Crippen molar-refractivity contribution < 1.29 is 4.79 Å². The van der Waals surface area contributed by atoms with Gasteiger partial charge < -0.3 is 10.6 Å². The zero-order valence-electron chi connectivity index (χ0n) is 8.14. The van der Waals surface area contributed by atoms with E-state index in [1.807, 2.05) is 0 Å². The van der Waals surface area contributed by atoms with Gasteiger partial charge in [-0.3, -0.25) is 4.79 Å². The van der Waals surface area contributed by atoms with E-state index in [0.717, 1.165) is 0 Å². The Bertz CT molecular complexity index is 360. The zero-order chi connectivity index (χ0) is 10.6. The highest BCUT2D eigenvalue weighted by Gasteiger charge is 2.02. The number of hydrogen-bond acceptors (Lipinski definition) is 3. The molecule has 0 saturated carbocycles. The van der Waals surface area contributed by atoms with Crippen molar-refractivity contribution in [2.75, 3.05) is 19.8 Å². The number of pyridine rings is 1. The van der Waals surface area contributed by atoms with Gasteiger partial charge in [-0.2, -0.15) is 4.99 Å². The number of carbonyl (C=O) groups excluding carboxylic acids is 1. The van der Waals surface area contributed by atoms with Gasteiger partial charge in [0.15, 0.2) is 0 Å². The first-order valence-electron chi connectivity index (χ1n) is 4.06. The third-order valence-electron chi connectivity index (χ3n) is 1.43. The van der Waals surface area contributed by atoms with Gasteiger partial charge in [-0.05, 0) is 12.1 Å². The lowest BCUT2D eigenvalue weighted by Crippen LogP contribution is -2.10. The summed E-state index contributed by atoms with van der Waals surface area (Å²) in [6.45, 7) is 0. The lowest BCUT2D eigenvalue weighted by Gasteiger charge is -2.01. The lowest BCUT2D eigenvalue weighted by atomic mass is 10.2. The largest absolute Gasteiger partial charge is 0.384 e. The van der Waals surface area contributed by atoms with Gasteiger partial charge in [-0.15, -0.1) is 0 Å². The van der Waals surface area contributed by atoms with E-state index in [-0.39, 0.29) is 5.91 Å². The summed E-state index contributed by atoms with van der Waals surface area (Å²) in [4.78, 5) is 20.6. The molecule has 14 heavy (non-hydrogen) atoms. The number of aromatic nitrogens is 1. The molecule has 0 aliphatic carbocycles. The Morgan fingerprint density at radius 2 is 2.36 bits per heavy atom. The molecule has 0 aromatic carbocycles. The Kier molecular flexibility index (Phi) is 3.17. The Morgan fingerprint density at radius 1 is 1.64 bits per heavy atom. The van der Waals surface area contributed by atoms with E-state index < -0.39 is 0 Å². The van der Waals surface area contributed by atoms with Crippen molar-refractivity contribution in [3.05, 3.63) is 23.9 Å². The second-order valence-corrected chi connectivity index (χ2v) is 2.98. The number of hydrogen-bond donors (Lipinski definition) is 1. The molecule has 0 aliphatic rings. The Balaban J connectivity index is 2.80. The van der Waals surface area contributed by atoms with Crippen LogP contribution in [-0.4, -0.2) is 36.2 Å². The third kappa shape index (κ3) is 2.85. The van der Waals surface area contributed by atoms with Crippen LogP contribution in [0, 0.1) is 0 Å². The molecule has 74 valence electrons. The van der Waals surface area contributed by atoms with Gasteiger partial charge in [0.2, 0.25) is 0 Å². The van der Waals surface area contributed by atoms with E-state index >= 15 is 0 Å². The third-order valence-corrected chi connectivity index (χ3v) is 1.43. The van der Waals surface area contributed by atoms with Crippen molar-refractivity contribution in [2.45, 2.75) is 0 Å². The van der Waals surface area contributed by atoms with Crippen molar-refractivity contribution in [2.24, 2.45) is 4.99 Å². The summed E-state index contributed by atoms with van der Waals surface area (Å²) in [6, 6.07) is 3.07. The van der Waals surface area contributed by atoms with Crippen LogP contribution in [0.25, 0.3) is 0 Å². The van der Waals surface area contributed by atoms with Crippen LogP contribution in [0.5, 0.6) is 0 Å². The molecule has 5 heteroatoms. The van der Waals surface area contributed by atoms with E-state index in [4.69, 9.17) is 5.73 Å². The monoisotopic (exact) mass is 192 g/mol. The van der Waals surface area contributed by atoms with Gasteiger partial charge in [0.05, 0.1) is 6.34 Å². The smallest absolute Gasteiger partial charge is 0.278 e. The highest BCUT2D eigenvalue weighted by Crippen LogP contribution is 2.04. The van der Waals surface area contributed by atoms with Crippen molar-refractivity contribution in [1.82, 2.24) is 9.88 Å². The molecule has 1 aromatic heterocycles. The van der Waals surface area contributed by atoms with Crippen LogP contribution < -0.4 is 5.73 Å². The molecule has 0 radical (unpaired) electrons. The topological polar surface area (TPSA) is 71.6 Å². The SMILES string of the molecule is CN(C)/C=N/C(=O)c1ccnc(N)c1. The number of rotatable bonds is 2. The van der Waals surface area contributed by atoms with Crippen molar-refractivity contribution >= 4 is 18.1 Å². The summed E-state index contributed by atoms with van der Waals surface area (Å²) in [5.41, 5.74) is 5.87. The Morgan fingerprint density at radius 3 is 2.93 bits per heavy atom. The minimum Gasteiger partial charge on any atom is -0.384 e. The zero-order valence-corrected chi connectivity index (χ0v) is 8.14. The standard InChI is InChI=1S/C9H12N4O/c1-13(2)6-12-9(14)7-3-4-11-8(10)5-7/h3-6H,1-2H3,(H2,10,11)/b12-6+. The Labute approximate surface area is 82.3 Å². The van der Waals surface area contributed by atoms with E-state index in [2.05, 4.69) is 9.98 Å². The molecular formula is C9H12N4O. The summed E-state index contributed by atoms with van der Waals surface area (Å²) in [5.74, 6) is -0.0105. The molecule has 0 fully saturated rings. The van der Waals surface area contributed by atoms with Gasteiger partial charge in [-0.1, -0.05) is 0 Å². The van der Waals surface area contributed by atoms with Gasteiger partial charge in [-0.25, -0.2) is 4.98 Å². The lowest BCUT2D eigenvalue weighted by molar-refractivity contribution is 0.100. The number of aliphatic imine (C=N–C) groups is 1. The first-order valence-corrected chi connectivity index (χ1v) is 4.06. The summed E-state index contributed by atoms with van der Waals surface area (Å²) in [7, 11) is 3.58. The average Bonchev–Trinajstić information content (AvgIpc) is 2.14. The summed E-state index contributed by atoms with van der Waals surface area (Å²) < 4.78 is 0. The second kappa shape index (κ2) is 4.36. The number of nitrogens with two attached hydrogens (primary N) is 1. The fraction of sp³-hybridized carbons (Fsp3) is 0.222. The van der Waals surface area contributed by atoms with E-state index in [0.29, 0.717) is 11.4 Å². The number of anilines is 1.